The van der Waals surface area contributed by atoms with Crippen molar-refractivity contribution in [1.29, 1.82) is 0 Å². The van der Waals surface area contributed by atoms with E-state index in [9.17, 15) is 4.79 Å². The minimum Gasteiger partial charge on any atom is -0.370 e. The number of H-pyrrole nitrogens is 1. The number of carbonyl (C=O) groups is 1. The first-order valence-corrected chi connectivity index (χ1v) is 17.5. The van der Waals surface area contributed by atoms with Crippen LogP contribution < -0.4 is 5.73 Å². The fourth-order valence-electron chi connectivity index (χ4n) is 8.00. The summed E-state index contributed by atoms with van der Waals surface area (Å²) in [5.74, 6) is 2.04. The molecule has 8 rings (SSSR count). The summed E-state index contributed by atoms with van der Waals surface area (Å²) in [4.78, 5) is 33.6. The highest BCUT2D eigenvalue weighted by Gasteiger charge is 2.43. The topological polar surface area (TPSA) is 90.6 Å². The van der Waals surface area contributed by atoms with Gasteiger partial charge in [0.2, 0.25) is 5.91 Å². The van der Waals surface area contributed by atoms with Crippen LogP contribution in [0.15, 0.2) is 53.8 Å². The predicted octanol–water partition coefficient (Wildman–Crippen LogP) is 6.93. The molecule has 236 valence electrons. The van der Waals surface area contributed by atoms with E-state index in [1.807, 2.05) is 12.4 Å². The molecule has 1 unspecified atom stereocenters. The molecule has 1 atom stereocenters. The Hall–Kier alpha value is -3.65. The number of nitrogens with zero attached hydrogens (tertiary/aromatic N) is 4. The van der Waals surface area contributed by atoms with E-state index in [2.05, 4.69) is 83.9 Å². The summed E-state index contributed by atoms with van der Waals surface area (Å²) in [5.41, 5.74) is 13.4. The number of likely N-dealkylation sites (tertiary alicyclic amines) is 1. The van der Waals surface area contributed by atoms with Crippen LogP contribution >= 0.6 is 11.3 Å². The fraction of sp³-hybridized carbons (Fsp3) is 0.486. The number of guanidine groups is 1. The molecule has 1 aromatic carbocycles. The number of hydrogen-bond acceptors (Lipinski definition) is 4. The Morgan fingerprint density at radius 1 is 1.04 bits per heavy atom. The Morgan fingerprint density at radius 3 is 2.47 bits per heavy atom. The number of rotatable bonds is 7. The summed E-state index contributed by atoms with van der Waals surface area (Å²) in [6.45, 7) is 11.9. The number of aliphatic imine (C=N–C) groups is 1. The number of carbonyl (C=O) groups excluding carboxylic acids is 1. The van der Waals surface area contributed by atoms with Gasteiger partial charge in [-0.3, -0.25) is 14.8 Å². The number of aromatic amines is 1. The highest BCUT2D eigenvalue weighted by molar-refractivity contribution is 7.19. The van der Waals surface area contributed by atoms with E-state index in [0.717, 1.165) is 60.7 Å². The second kappa shape index (κ2) is 11.9. The van der Waals surface area contributed by atoms with Crippen LogP contribution in [0.25, 0.3) is 21.5 Å². The second-order valence-corrected chi connectivity index (χ2v) is 15.2. The quantitative estimate of drug-likeness (QED) is 0.173. The Labute approximate surface area is 270 Å². The van der Waals surface area contributed by atoms with Crippen molar-refractivity contribution in [2.45, 2.75) is 83.6 Å². The average molecular weight is 623 g/mol. The Kier molecular flexibility index (Phi) is 7.96. The van der Waals surface area contributed by atoms with Crippen molar-refractivity contribution in [3.8, 4) is 11.3 Å². The van der Waals surface area contributed by atoms with E-state index in [0.29, 0.717) is 30.4 Å². The maximum atomic E-state index is 14.0. The average Bonchev–Trinajstić information content (AvgIpc) is 3.78. The molecule has 1 aliphatic carbocycles. The summed E-state index contributed by atoms with van der Waals surface area (Å²) in [7, 11) is 0. The Morgan fingerprint density at radius 2 is 1.78 bits per heavy atom. The fourth-order valence-corrected chi connectivity index (χ4v) is 9.19. The van der Waals surface area contributed by atoms with E-state index >= 15 is 0 Å². The molecular formula is C37H46N6OS. The van der Waals surface area contributed by atoms with Gasteiger partial charge in [0.25, 0.3) is 0 Å². The Bertz CT molecular complexity index is 1710. The number of pyridine rings is 1. The van der Waals surface area contributed by atoms with E-state index in [-0.39, 0.29) is 5.91 Å². The van der Waals surface area contributed by atoms with Crippen LogP contribution in [0.5, 0.6) is 0 Å². The van der Waals surface area contributed by atoms with Crippen LogP contribution in [0.3, 0.4) is 0 Å². The van der Waals surface area contributed by atoms with Crippen LogP contribution in [0.1, 0.15) is 79.0 Å². The number of fused-ring (bicyclic) bond motifs is 4. The third-order valence-corrected chi connectivity index (χ3v) is 11.9. The number of aromatic nitrogens is 2. The first-order chi connectivity index (χ1) is 21.7. The lowest BCUT2D eigenvalue weighted by Crippen LogP contribution is -2.55. The number of benzene rings is 1. The molecule has 6 heterocycles. The lowest BCUT2D eigenvalue weighted by molar-refractivity contribution is -0.143. The molecule has 4 aromatic rings. The highest BCUT2D eigenvalue weighted by atomic mass is 32.1. The van der Waals surface area contributed by atoms with Crippen molar-refractivity contribution < 1.29 is 4.79 Å². The van der Waals surface area contributed by atoms with Crippen molar-refractivity contribution in [3.63, 3.8) is 0 Å². The number of thiophene rings is 1. The summed E-state index contributed by atoms with van der Waals surface area (Å²) < 4.78 is 0. The second-order valence-electron chi connectivity index (χ2n) is 14.2. The van der Waals surface area contributed by atoms with Crippen molar-refractivity contribution >= 4 is 33.4 Å². The van der Waals surface area contributed by atoms with Gasteiger partial charge in [-0.2, -0.15) is 0 Å². The maximum Gasteiger partial charge on any atom is 0.233 e. The molecule has 2 bridgehead atoms. The molecule has 3 N–H and O–H groups in total. The number of piperidine rings is 2. The normalized spacial score (nSPS) is 22.1. The van der Waals surface area contributed by atoms with E-state index in [1.54, 1.807) is 11.3 Å². The molecule has 45 heavy (non-hydrogen) atoms. The molecule has 4 aliphatic rings. The molecule has 1 amide bonds. The van der Waals surface area contributed by atoms with Crippen LogP contribution in [-0.4, -0.2) is 63.9 Å². The molecule has 3 saturated heterocycles. The Balaban J connectivity index is 1.15. The molecule has 1 saturated carbocycles. The molecule has 3 aromatic heterocycles. The van der Waals surface area contributed by atoms with Crippen molar-refractivity contribution in [1.82, 2.24) is 19.8 Å². The third kappa shape index (κ3) is 5.78. The molecule has 0 radical (unpaired) electrons. The first-order valence-electron chi connectivity index (χ1n) is 16.7. The van der Waals surface area contributed by atoms with Crippen LogP contribution in [0, 0.1) is 19.8 Å². The van der Waals surface area contributed by atoms with Crippen molar-refractivity contribution in [2.24, 2.45) is 16.6 Å². The van der Waals surface area contributed by atoms with Crippen molar-refractivity contribution in [2.75, 3.05) is 26.2 Å². The van der Waals surface area contributed by atoms with Gasteiger partial charge in [0.15, 0.2) is 5.96 Å². The number of nitrogens with one attached hydrogen (secondary N) is 1. The summed E-state index contributed by atoms with van der Waals surface area (Å²) in [6, 6.07) is 13.6. The zero-order chi connectivity index (χ0) is 31.3. The van der Waals surface area contributed by atoms with Gasteiger partial charge in [0.05, 0.1) is 11.1 Å². The van der Waals surface area contributed by atoms with Crippen LogP contribution in [0.2, 0.25) is 0 Å². The monoisotopic (exact) mass is 622 g/mol. The lowest BCUT2D eigenvalue weighted by Gasteiger charge is -2.47. The van der Waals surface area contributed by atoms with Gasteiger partial charge in [0.1, 0.15) is 4.83 Å². The molecular weight excluding hydrogens is 577 g/mol. The molecule has 8 heteroatoms. The molecule has 3 aliphatic heterocycles. The van der Waals surface area contributed by atoms with Gasteiger partial charge >= 0.3 is 0 Å². The molecule has 4 fully saturated rings. The van der Waals surface area contributed by atoms with Crippen LogP contribution in [0.4, 0.5) is 0 Å². The van der Waals surface area contributed by atoms with Crippen LogP contribution in [-0.2, 0) is 16.6 Å². The molecule has 0 spiro atoms. The summed E-state index contributed by atoms with van der Waals surface area (Å²) in [6.07, 6.45) is 10.4. The van der Waals surface area contributed by atoms with Gasteiger partial charge < -0.3 is 20.5 Å². The van der Waals surface area contributed by atoms with E-state index in [4.69, 9.17) is 10.7 Å². The van der Waals surface area contributed by atoms with Crippen molar-refractivity contribution in [3.05, 3.63) is 75.9 Å². The van der Waals surface area contributed by atoms with Gasteiger partial charge in [-0.25, -0.2) is 0 Å². The third-order valence-electron chi connectivity index (χ3n) is 10.6. The molecule has 7 nitrogen and oxygen atoms in total. The number of amides is 1. The van der Waals surface area contributed by atoms with Gasteiger partial charge in [-0.15, -0.1) is 11.3 Å². The van der Waals surface area contributed by atoms with Gasteiger partial charge in [-0.1, -0.05) is 17.2 Å². The minimum absolute atomic E-state index is 0.282. The number of nitrogens with two attached hydrogens (primary N) is 1. The summed E-state index contributed by atoms with van der Waals surface area (Å²) in [5, 5.41) is 1.21. The largest absolute Gasteiger partial charge is 0.370 e. The SMILES string of the molecule is Cc1cc(C)cc(-c2[nH]c3sc(C(C)(C)C(=O)N4CC5CCC4CC5)cc3c2CCN=C(N)N2CCC(c3ccncc3)C2)c1. The first kappa shape index (κ1) is 30.0. The zero-order valence-electron chi connectivity index (χ0n) is 27.1. The number of hydrogen-bond donors (Lipinski definition) is 2. The predicted molar refractivity (Wildman–Crippen MR) is 185 cm³/mol. The van der Waals surface area contributed by atoms with E-state index < -0.39 is 5.41 Å². The van der Waals surface area contributed by atoms with Gasteiger partial charge in [0, 0.05) is 60.8 Å². The zero-order valence-corrected chi connectivity index (χ0v) is 27.9. The number of aryl methyl sites for hydroxylation is 2. The lowest BCUT2D eigenvalue weighted by atomic mass is 9.78. The standard InChI is InChI=1S/C37H46N6OS/c1-23-17-24(2)19-28(18-23)33-30(11-15-40-36(38)42-16-12-27(22-42)26-9-13-39-14-10-26)31-20-32(45-34(31)41-33)37(3,4)35(44)43-21-25-5-7-29(43)8-6-25/h9-10,13-14,17-20,25,27,29,41H,5-8,11-12,15-16,21-22H2,1-4H3,(H2,38,40). The smallest absolute Gasteiger partial charge is 0.233 e. The van der Waals surface area contributed by atoms with Gasteiger partial charge in [-0.05, 0) is 119 Å². The summed E-state index contributed by atoms with van der Waals surface area (Å²) >= 11 is 1.74. The minimum atomic E-state index is -0.566. The van der Waals surface area contributed by atoms with E-state index in [1.165, 1.54) is 46.0 Å². The maximum absolute atomic E-state index is 14.0. The highest BCUT2D eigenvalue weighted by Crippen LogP contribution is 2.43.